The van der Waals surface area contributed by atoms with Crippen LogP contribution in [0.2, 0.25) is 0 Å². The second-order valence-corrected chi connectivity index (χ2v) is 4.83. The zero-order valence-electron chi connectivity index (χ0n) is 12.3. The van der Waals surface area contributed by atoms with Crippen LogP contribution in [0.4, 0.5) is 0 Å². The second-order valence-electron chi connectivity index (χ2n) is 4.83. The standard InChI is InChI=1S/C16H20O4/c1-6-16(3,12-9-7-11(2)8-10-12)13(14(17)19-4)15(18)20-5/h6-10,13H,1H2,2-5H3. The van der Waals surface area contributed by atoms with Crippen LogP contribution in [0.15, 0.2) is 36.9 Å². The molecular formula is C16H20O4. The molecule has 0 aliphatic rings. The summed E-state index contributed by atoms with van der Waals surface area (Å²) in [5.74, 6) is -2.36. The van der Waals surface area contributed by atoms with Crippen molar-refractivity contribution >= 4 is 11.9 Å². The summed E-state index contributed by atoms with van der Waals surface area (Å²) in [5, 5.41) is 0. The van der Waals surface area contributed by atoms with Crippen LogP contribution in [-0.4, -0.2) is 26.2 Å². The van der Waals surface area contributed by atoms with E-state index in [1.165, 1.54) is 14.2 Å². The molecule has 0 aliphatic heterocycles. The number of esters is 2. The molecule has 0 heterocycles. The smallest absolute Gasteiger partial charge is 0.321 e. The Balaban J connectivity index is 3.36. The predicted molar refractivity (Wildman–Crippen MR) is 76.3 cm³/mol. The highest BCUT2D eigenvalue weighted by atomic mass is 16.5. The number of allylic oxidation sites excluding steroid dienone is 1. The van der Waals surface area contributed by atoms with E-state index in [9.17, 15) is 9.59 Å². The van der Waals surface area contributed by atoms with Crippen LogP contribution in [-0.2, 0) is 24.5 Å². The van der Waals surface area contributed by atoms with Gasteiger partial charge in [-0.15, -0.1) is 6.58 Å². The molecule has 0 N–H and O–H groups in total. The van der Waals surface area contributed by atoms with Crippen LogP contribution >= 0.6 is 0 Å². The molecule has 1 unspecified atom stereocenters. The van der Waals surface area contributed by atoms with Crippen molar-refractivity contribution in [1.29, 1.82) is 0 Å². The van der Waals surface area contributed by atoms with Gasteiger partial charge in [-0.3, -0.25) is 9.59 Å². The molecule has 0 radical (unpaired) electrons. The van der Waals surface area contributed by atoms with Crippen molar-refractivity contribution in [2.45, 2.75) is 19.3 Å². The summed E-state index contributed by atoms with van der Waals surface area (Å²) in [6, 6.07) is 7.58. The normalized spacial score (nSPS) is 13.4. The van der Waals surface area contributed by atoms with Gasteiger partial charge in [0, 0.05) is 5.41 Å². The molecule has 1 aromatic carbocycles. The van der Waals surface area contributed by atoms with Gasteiger partial charge in [0.1, 0.15) is 0 Å². The maximum absolute atomic E-state index is 12.0. The van der Waals surface area contributed by atoms with Gasteiger partial charge in [-0.25, -0.2) is 0 Å². The molecule has 0 saturated heterocycles. The highest BCUT2D eigenvalue weighted by Gasteiger charge is 2.45. The maximum atomic E-state index is 12.0. The van der Waals surface area contributed by atoms with E-state index in [4.69, 9.17) is 9.47 Å². The Morgan fingerprint density at radius 1 is 1.15 bits per heavy atom. The zero-order valence-corrected chi connectivity index (χ0v) is 12.3. The van der Waals surface area contributed by atoms with Gasteiger partial charge in [0.05, 0.1) is 14.2 Å². The van der Waals surface area contributed by atoms with E-state index in [1.54, 1.807) is 13.0 Å². The predicted octanol–water partition coefficient (Wildman–Crippen LogP) is 2.40. The summed E-state index contributed by atoms with van der Waals surface area (Å²) in [6.07, 6.45) is 1.58. The molecule has 4 heteroatoms. The Bertz CT molecular complexity index is 488. The second kappa shape index (κ2) is 6.37. The molecule has 0 aliphatic carbocycles. The quantitative estimate of drug-likeness (QED) is 0.471. The average molecular weight is 276 g/mol. The summed E-state index contributed by atoms with van der Waals surface area (Å²) in [6.45, 7) is 7.50. The Labute approximate surface area is 119 Å². The topological polar surface area (TPSA) is 52.6 Å². The molecule has 1 atom stereocenters. The van der Waals surface area contributed by atoms with E-state index in [2.05, 4.69) is 6.58 Å². The Morgan fingerprint density at radius 2 is 1.60 bits per heavy atom. The number of hydrogen-bond donors (Lipinski definition) is 0. The van der Waals surface area contributed by atoms with Gasteiger partial charge in [0.15, 0.2) is 5.92 Å². The van der Waals surface area contributed by atoms with Gasteiger partial charge in [-0.2, -0.15) is 0 Å². The molecule has 0 saturated carbocycles. The van der Waals surface area contributed by atoms with Gasteiger partial charge in [0.25, 0.3) is 0 Å². The number of rotatable bonds is 5. The lowest BCUT2D eigenvalue weighted by Gasteiger charge is -2.32. The molecule has 1 aromatic rings. The van der Waals surface area contributed by atoms with E-state index in [0.29, 0.717) is 0 Å². The molecule has 4 nitrogen and oxygen atoms in total. The lowest BCUT2D eigenvalue weighted by molar-refractivity contribution is -0.161. The number of hydrogen-bond acceptors (Lipinski definition) is 4. The SMILES string of the molecule is C=CC(C)(c1ccc(C)cc1)C(C(=O)OC)C(=O)OC. The van der Waals surface area contributed by atoms with Crippen LogP contribution in [0.1, 0.15) is 18.1 Å². The van der Waals surface area contributed by atoms with Gasteiger partial charge < -0.3 is 9.47 Å². The Kier molecular flexibility index (Phi) is 5.08. The lowest BCUT2D eigenvalue weighted by atomic mass is 9.71. The first-order valence-corrected chi connectivity index (χ1v) is 6.27. The van der Waals surface area contributed by atoms with Crippen LogP contribution < -0.4 is 0 Å². The van der Waals surface area contributed by atoms with Crippen LogP contribution in [0.5, 0.6) is 0 Å². The third kappa shape index (κ3) is 2.90. The van der Waals surface area contributed by atoms with Gasteiger partial charge in [-0.05, 0) is 12.5 Å². The van der Waals surface area contributed by atoms with E-state index in [0.717, 1.165) is 11.1 Å². The van der Waals surface area contributed by atoms with Gasteiger partial charge >= 0.3 is 11.9 Å². The van der Waals surface area contributed by atoms with E-state index < -0.39 is 23.3 Å². The van der Waals surface area contributed by atoms with Crippen molar-refractivity contribution in [3.8, 4) is 0 Å². The summed E-state index contributed by atoms with van der Waals surface area (Å²) < 4.78 is 9.48. The minimum Gasteiger partial charge on any atom is -0.468 e. The van der Waals surface area contributed by atoms with Crippen molar-refractivity contribution < 1.29 is 19.1 Å². The third-order valence-electron chi connectivity index (χ3n) is 3.57. The van der Waals surface area contributed by atoms with Gasteiger partial charge in [-0.1, -0.05) is 42.8 Å². The fraction of sp³-hybridized carbons (Fsp3) is 0.375. The summed E-state index contributed by atoms with van der Waals surface area (Å²) in [7, 11) is 2.49. The number of ether oxygens (including phenoxy) is 2. The fourth-order valence-corrected chi connectivity index (χ4v) is 2.14. The molecular weight excluding hydrogens is 256 g/mol. The van der Waals surface area contributed by atoms with Crippen molar-refractivity contribution in [3.63, 3.8) is 0 Å². The van der Waals surface area contributed by atoms with Crippen LogP contribution in [0.3, 0.4) is 0 Å². The van der Waals surface area contributed by atoms with E-state index in [1.807, 2.05) is 31.2 Å². The number of carbonyl (C=O) groups is 2. The summed E-state index contributed by atoms with van der Waals surface area (Å²) >= 11 is 0. The van der Waals surface area contributed by atoms with Crippen LogP contribution in [0.25, 0.3) is 0 Å². The number of carbonyl (C=O) groups excluding carboxylic acids is 2. The van der Waals surface area contributed by atoms with E-state index in [-0.39, 0.29) is 0 Å². The average Bonchev–Trinajstić information content (AvgIpc) is 2.47. The molecule has 108 valence electrons. The minimum absolute atomic E-state index is 0.639. The summed E-state index contributed by atoms with van der Waals surface area (Å²) in [4.78, 5) is 24.0. The zero-order chi connectivity index (χ0) is 15.3. The van der Waals surface area contributed by atoms with Crippen molar-refractivity contribution in [2.24, 2.45) is 5.92 Å². The molecule has 0 amide bonds. The molecule has 0 bridgehead atoms. The molecule has 0 spiro atoms. The number of benzene rings is 1. The highest BCUT2D eigenvalue weighted by molar-refractivity contribution is 5.97. The first-order valence-electron chi connectivity index (χ1n) is 6.27. The third-order valence-corrected chi connectivity index (χ3v) is 3.57. The lowest BCUT2D eigenvalue weighted by Crippen LogP contribution is -2.42. The molecule has 0 fully saturated rings. The minimum atomic E-state index is -1.09. The monoisotopic (exact) mass is 276 g/mol. The largest absolute Gasteiger partial charge is 0.468 e. The van der Waals surface area contributed by atoms with Crippen molar-refractivity contribution in [3.05, 3.63) is 48.0 Å². The fourth-order valence-electron chi connectivity index (χ4n) is 2.14. The molecule has 20 heavy (non-hydrogen) atoms. The van der Waals surface area contributed by atoms with E-state index >= 15 is 0 Å². The van der Waals surface area contributed by atoms with Gasteiger partial charge in [0.2, 0.25) is 0 Å². The first kappa shape index (κ1) is 16.0. The maximum Gasteiger partial charge on any atom is 0.321 e. The Hall–Kier alpha value is -2.10. The number of methoxy groups -OCH3 is 2. The molecule has 0 aromatic heterocycles. The first-order chi connectivity index (χ1) is 9.40. The van der Waals surface area contributed by atoms with Crippen molar-refractivity contribution in [2.75, 3.05) is 14.2 Å². The van der Waals surface area contributed by atoms with Crippen molar-refractivity contribution in [1.82, 2.24) is 0 Å². The highest BCUT2D eigenvalue weighted by Crippen LogP contribution is 2.35. The Morgan fingerprint density at radius 3 is 1.95 bits per heavy atom. The number of aryl methyl sites for hydroxylation is 1. The molecule has 1 rings (SSSR count). The van der Waals surface area contributed by atoms with Crippen LogP contribution in [0, 0.1) is 12.8 Å². The summed E-state index contributed by atoms with van der Waals surface area (Å²) in [5.41, 5.74) is 1.00.